The third kappa shape index (κ3) is 4.86. The van der Waals surface area contributed by atoms with Gasteiger partial charge in [-0.1, -0.05) is 0 Å². The standard InChI is InChI=1S/C9H19NO2S/c1-8-5-10-6-9(12-8)7-11-3-4-13-2/h8-10H,3-7H2,1-2H3. The van der Waals surface area contributed by atoms with Crippen LogP contribution >= 0.6 is 11.8 Å². The van der Waals surface area contributed by atoms with E-state index in [0.717, 1.165) is 32.1 Å². The summed E-state index contributed by atoms with van der Waals surface area (Å²) in [5, 5.41) is 3.32. The molecule has 1 saturated heterocycles. The molecule has 1 fully saturated rings. The lowest BCUT2D eigenvalue weighted by Crippen LogP contribution is -2.45. The number of rotatable bonds is 5. The minimum atomic E-state index is 0.241. The van der Waals surface area contributed by atoms with Gasteiger partial charge in [0, 0.05) is 18.8 Å². The molecule has 0 aromatic rings. The van der Waals surface area contributed by atoms with Crippen LogP contribution in [0.2, 0.25) is 0 Å². The van der Waals surface area contributed by atoms with Gasteiger partial charge in [-0.25, -0.2) is 0 Å². The lowest BCUT2D eigenvalue weighted by atomic mass is 10.2. The number of thioether (sulfide) groups is 1. The van der Waals surface area contributed by atoms with Crippen molar-refractivity contribution in [3.05, 3.63) is 0 Å². The molecule has 0 aliphatic carbocycles. The van der Waals surface area contributed by atoms with Crippen LogP contribution in [0, 0.1) is 0 Å². The fraction of sp³-hybridized carbons (Fsp3) is 1.00. The SMILES string of the molecule is CSCCOCC1CNCC(C)O1. The molecular formula is C9H19NO2S. The highest BCUT2D eigenvalue weighted by Crippen LogP contribution is 2.03. The van der Waals surface area contributed by atoms with Crippen LogP contribution in [0.5, 0.6) is 0 Å². The molecule has 1 rings (SSSR count). The smallest absolute Gasteiger partial charge is 0.0936 e. The zero-order valence-electron chi connectivity index (χ0n) is 8.41. The van der Waals surface area contributed by atoms with Gasteiger partial charge < -0.3 is 14.8 Å². The molecule has 2 atom stereocenters. The van der Waals surface area contributed by atoms with E-state index < -0.39 is 0 Å². The van der Waals surface area contributed by atoms with Gasteiger partial charge in [0.15, 0.2) is 0 Å². The van der Waals surface area contributed by atoms with Gasteiger partial charge in [0.25, 0.3) is 0 Å². The highest BCUT2D eigenvalue weighted by Gasteiger charge is 2.18. The Bertz CT molecular complexity index is 135. The maximum atomic E-state index is 5.67. The van der Waals surface area contributed by atoms with Crippen LogP contribution in [-0.2, 0) is 9.47 Å². The first-order chi connectivity index (χ1) is 6.33. The zero-order chi connectivity index (χ0) is 9.52. The molecule has 1 aliphatic heterocycles. The van der Waals surface area contributed by atoms with Gasteiger partial charge in [0.2, 0.25) is 0 Å². The lowest BCUT2D eigenvalue weighted by Gasteiger charge is -2.28. The minimum Gasteiger partial charge on any atom is -0.378 e. The maximum absolute atomic E-state index is 5.67. The summed E-state index contributed by atoms with van der Waals surface area (Å²) >= 11 is 1.81. The third-order valence-corrected chi connectivity index (χ3v) is 2.54. The Kier molecular flexibility index (Phi) is 5.78. The summed E-state index contributed by atoms with van der Waals surface area (Å²) < 4.78 is 11.1. The van der Waals surface area contributed by atoms with Crippen molar-refractivity contribution in [2.75, 3.05) is 38.3 Å². The molecule has 1 aliphatic rings. The van der Waals surface area contributed by atoms with E-state index in [2.05, 4.69) is 18.5 Å². The molecule has 0 amide bonds. The van der Waals surface area contributed by atoms with Gasteiger partial charge in [-0.05, 0) is 13.2 Å². The number of ether oxygens (including phenoxy) is 2. The largest absolute Gasteiger partial charge is 0.378 e. The Balaban J connectivity index is 2.00. The van der Waals surface area contributed by atoms with Gasteiger partial charge in [-0.15, -0.1) is 0 Å². The molecule has 0 spiro atoms. The molecular weight excluding hydrogens is 186 g/mol. The van der Waals surface area contributed by atoms with E-state index in [4.69, 9.17) is 9.47 Å². The molecule has 0 bridgehead atoms. The second kappa shape index (κ2) is 6.65. The van der Waals surface area contributed by atoms with Crippen LogP contribution in [0.15, 0.2) is 0 Å². The fourth-order valence-electron chi connectivity index (χ4n) is 1.33. The monoisotopic (exact) mass is 205 g/mol. The first-order valence-electron chi connectivity index (χ1n) is 4.75. The Morgan fingerprint density at radius 2 is 2.38 bits per heavy atom. The Morgan fingerprint density at radius 3 is 3.08 bits per heavy atom. The summed E-state index contributed by atoms with van der Waals surface area (Å²) in [6.45, 7) is 5.51. The average Bonchev–Trinajstić information content (AvgIpc) is 2.13. The quantitative estimate of drug-likeness (QED) is 0.671. The summed E-state index contributed by atoms with van der Waals surface area (Å²) in [6.07, 6.45) is 2.65. The van der Waals surface area contributed by atoms with Crippen molar-refractivity contribution >= 4 is 11.8 Å². The molecule has 0 aromatic carbocycles. The van der Waals surface area contributed by atoms with E-state index in [1.54, 1.807) is 0 Å². The summed E-state index contributed by atoms with van der Waals surface area (Å²) in [4.78, 5) is 0. The molecule has 0 radical (unpaired) electrons. The number of morpholine rings is 1. The van der Waals surface area contributed by atoms with Crippen molar-refractivity contribution in [2.24, 2.45) is 0 Å². The van der Waals surface area contributed by atoms with Crippen molar-refractivity contribution in [3.63, 3.8) is 0 Å². The van der Waals surface area contributed by atoms with E-state index >= 15 is 0 Å². The van der Waals surface area contributed by atoms with E-state index in [1.165, 1.54) is 0 Å². The Hall–Kier alpha value is 0.230. The fourth-order valence-corrected chi connectivity index (χ4v) is 1.61. The lowest BCUT2D eigenvalue weighted by molar-refractivity contribution is -0.0664. The minimum absolute atomic E-state index is 0.241. The summed E-state index contributed by atoms with van der Waals surface area (Å²) in [7, 11) is 0. The van der Waals surface area contributed by atoms with Crippen molar-refractivity contribution in [3.8, 4) is 0 Å². The average molecular weight is 205 g/mol. The third-order valence-electron chi connectivity index (χ3n) is 1.96. The molecule has 78 valence electrons. The maximum Gasteiger partial charge on any atom is 0.0936 e. The second-order valence-corrected chi connectivity index (χ2v) is 4.28. The molecule has 1 N–H and O–H groups in total. The van der Waals surface area contributed by atoms with E-state index in [9.17, 15) is 0 Å². The van der Waals surface area contributed by atoms with Gasteiger partial charge >= 0.3 is 0 Å². The van der Waals surface area contributed by atoms with Crippen molar-refractivity contribution < 1.29 is 9.47 Å². The van der Waals surface area contributed by atoms with Crippen molar-refractivity contribution in [1.29, 1.82) is 0 Å². The predicted octanol–water partition coefficient (Wildman–Crippen LogP) is 0.743. The molecule has 0 aromatic heterocycles. The van der Waals surface area contributed by atoms with Gasteiger partial charge in [0.05, 0.1) is 25.4 Å². The van der Waals surface area contributed by atoms with Crippen LogP contribution in [0.4, 0.5) is 0 Å². The summed E-state index contributed by atoms with van der Waals surface area (Å²) in [5.41, 5.74) is 0. The number of hydrogen-bond acceptors (Lipinski definition) is 4. The molecule has 1 heterocycles. The van der Waals surface area contributed by atoms with Crippen LogP contribution in [0.3, 0.4) is 0 Å². The molecule has 3 nitrogen and oxygen atoms in total. The van der Waals surface area contributed by atoms with Gasteiger partial charge in [-0.2, -0.15) is 11.8 Å². The Labute approximate surface area is 84.6 Å². The molecule has 13 heavy (non-hydrogen) atoms. The van der Waals surface area contributed by atoms with Crippen LogP contribution in [0.1, 0.15) is 6.92 Å². The summed E-state index contributed by atoms with van der Waals surface area (Å²) in [5.74, 6) is 1.07. The van der Waals surface area contributed by atoms with Gasteiger partial charge in [0.1, 0.15) is 0 Å². The highest BCUT2D eigenvalue weighted by molar-refractivity contribution is 7.98. The topological polar surface area (TPSA) is 30.5 Å². The van der Waals surface area contributed by atoms with Crippen LogP contribution < -0.4 is 5.32 Å². The van der Waals surface area contributed by atoms with E-state index in [1.807, 2.05) is 11.8 Å². The van der Waals surface area contributed by atoms with E-state index in [0.29, 0.717) is 6.10 Å². The second-order valence-electron chi connectivity index (χ2n) is 3.29. The van der Waals surface area contributed by atoms with Gasteiger partial charge in [-0.3, -0.25) is 0 Å². The van der Waals surface area contributed by atoms with Crippen molar-refractivity contribution in [1.82, 2.24) is 5.32 Å². The normalized spacial score (nSPS) is 29.1. The predicted molar refractivity (Wildman–Crippen MR) is 56.4 cm³/mol. The highest BCUT2D eigenvalue weighted by atomic mass is 32.2. The Morgan fingerprint density at radius 1 is 1.54 bits per heavy atom. The van der Waals surface area contributed by atoms with Crippen LogP contribution in [-0.4, -0.2) is 50.5 Å². The van der Waals surface area contributed by atoms with Crippen molar-refractivity contribution in [2.45, 2.75) is 19.1 Å². The molecule has 2 unspecified atom stereocenters. The summed E-state index contributed by atoms with van der Waals surface area (Å²) in [6, 6.07) is 0. The molecule has 0 saturated carbocycles. The zero-order valence-corrected chi connectivity index (χ0v) is 9.23. The molecule has 4 heteroatoms. The van der Waals surface area contributed by atoms with Crippen LogP contribution in [0.25, 0.3) is 0 Å². The first-order valence-corrected chi connectivity index (χ1v) is 6.15. The van der Waals surface area contributed by atoms with E-state index in [-0.39, 0.29) is 6.10 Å². The first kappa shape index (κ1) is 11.3. The number of nitrogens with one attached hydrogen (secondary N) is 1. The number of hydrogen-bond donors (Lipinski definition) is 1.